The van der Waals surface area contributed by atoms with Gasteiger partial charge in [0.2, 0.25) is 0 Å². The topological polar surface area (TPSA) is 54.9 Å². The van der Waals surface area contributed by atoms with Gasteiger partial charge in [-0.1, -0.05) is 11.3 Å². The molecule has 1 heterocycles. The first-order valence-electron chi connectivity index (χ1n) is 10.6. The van der Waals surface area contributed by atoms with Crippen molar-refractivity contribution in [2.24, 2.45) is 0 Å². The van der Waals surface area contributed by atoms with Crippen molar-refractivity contribution in [2.75, 3.05) is 38.7 Å². The first-order chi connectivity index (χ1) is 14.9. The van der Waals surface area contributed by atoms with E-state index in [4.69, 9.17) is 14.5 Å². The van der Waals surface area contributed by atoms with E-state index in [0.29, 0.717) is 23.8 Å². The molecule has 2 aromatic carbocycles. The number of thiazole rings is 1. The van der Waals surface area contributed by atoms with Crippen LogP contribution in [0.4, 0.5) is 5.13 Å². The predicted molar refractivity (Wildman–Crippen MR) is 135 cm³/mol. The van der Waals surface area contributed by atoms with Gasteiger partial charge in [-0.3, -0.25) is 9.69 Å². The molecule has 32 heavy (non-hydrogen) atoms. The molecule has 0 saturated heterocycles. The smallest absolute Gasteiger partial charge is 0.260 e. The molecule has 3 aromatic rings. The number of hydrogen-bond acceptors (Lipinski definition) is 6. The second-order valence-electron chi connectivity index (χ2n) is 7.86. The molecule has 0 fully saturated rings. The molecule has 0 atom stereocenters. The van der Waals surface area contributed by atoms with Crippen molar-refractivity contribution in [3.63, 3.8) is 0 Å². The van der Waals surface area contributed by atoms with Crippen LogP contribution in [0.1, 0.15) is 37.6 Å². The number of hydrogen-bond donors (Lipinski definition) is 0. The van der Waals surface area contributed by atoms with Crippen molar-refractivity contribution in [2.45, 2.75) is 33.3 Å². The van der Waals surface area contributed by atoms with Crippen LogP contribution in [0.25, 0.3) is 10.2 Å². The summed E-state index contributed by atoms with van der Waals surface area (Å²) in [6.07, 6.45) is 0.946. The third kappa shape index (κ3) is 6.82. The van der Waals surface area contributed by atoms with Crippen LogP contribution >= 0.6 is 23.7 Å². The van der Waals surface area contributed by atoms with Gasteiger partial charge in [0.1, 0.15) is 11.5 Å². The molecule has 0 aliphatic carbocycles. The monoisotopic (exact) mass is 477 g/mol. The van der Waals surface area contributed by atoms with Gasteiger partial charge in [-0.15, -0.1) is 12.4 Å². The van der Waals surface area contributed by atoms with Crippen molar-refractivity contribution < 1.29 is 14.3 Å². The van der Waals surface area contributed by atoms with E-state index in [9.17, 15) is 4.79 Å². The Labute approximate surface area is 200 Å². The van der Waals surface area contributed by atoms with Gasteiger partial charge in [0, 0.05) is 12.1 Å². The Kier molecular flexibility index (Phi) is 9.75. The first-order valence-corrected chi connectivity index (χ1v) is 11.5. The van der Waals surface area contributed by atoms with E-state index >= 15 is 0 Å². The lowest BCUT2D eigenvalue weighted by molar-refractivity contribution is 0.0986. The lowest BCUT2D eigenvalue weighted by Crippen LogP contribution is -2.33. The van der Waals surface area contributed by atoms with Crippen molar-refractivity contribution in [3.05, 3.63) is 48.0 Å². The van der Waals surface area contributed by atoms with E-state index in [-0.39, 0.29) is 24.4 Å². The normalized spacial score (nSPS) is 11.0. The molecule has 6 nitrogen and oxygen atoms in total. The number of carbonyl (C=O) groups excluding carboxylic acids is 1. The summed E-state index contributed by atoms with van der Waals surface area (Å²) in [5.41, 5.74) is 1.49. The summed E-state index contributed by atoms with van der Waals surface area (Å²) in [6.45, 7) is 8.03. The third-order valence-electron chi connectivity index (χ3n) is 4.60. The Morgan fingerprint density at radius 3 is 2.38 bits per heavy atom. The van der Waals surface area contributed by atoms with Crippen molar-refractivity contribution in [3.8, 4) is 11.5 Å². The van der Waals surface area contributed by atoms with Gasteiger partial charge in [-0.25, -0.2) is 4.98 Å². The van der Waals surface area contributed by atoms with E-state index in [2.05, 4.69) is 4.90 Å². The highest BCUT2D eigenvalue weighted by molar-refractivity contribution is 7.22. The number of halogens is 1. The average molecular weight is 478 g/mol. The minimum atomic E-state index is -0.0565. The van der Waals surface area contributed by atoms with Gasteiger partial charge in [0.15, 0.2) is 5.13 Å². The fraction of sp³-hybridized carbons (Fsp3) is 0.417. The van der Waals surface area contributed by atoms with Gasteiger partial charge < -0.3 is 14.4 Å². The number of amides is 1. The zero-order valence-corrected chi connectivity index (χ0v) is 21.0. The number of aromatic nitrogens is 1. The summed E-state index contributed by atoms with van der Waals surface area (Å²) in [5.74, 6) is 1.52. The van der Waals surface area contributed by atoms with Crippen molar-refractivity contribution >= 4 is 45.0 Å². The zero-order chi connectivity index (χ0) is 22.4. The molecule has 8 heteroatoms. The molecule has 0 bridgehead atoms. The molecule has 0 spiro atoms. The fourth-order valence-electron chi connectivity index (χ4n) is 3.20. The maximum absolute atomic E-state index is 13.4. The molecule has 0 saturated carbocycles. The van der Waals surface area contributed by atoms with E-state index in [1.807, 2.05) is 77.3 Å². The van der Waals surface area contributed by atoms with E-state index < -0.39 is 0 Å². The van der Waals surface area contributed by atoms with E-state index in [1.54, 1.807) is 4.90 Å². The Hall–Kier alpha value is -2.35. The highest BCUT2D eigenvalue weighted by atomic mass is 35.5. The van der Waals surface area contributed by atoms with Crippen LogP contribution in [0.5, 0.6) is 11.5 Å². The second kappa shape index (κ2) is 12.0. The average Bonchev–Trinajstić information content (AvgIpc) is 3.14. The van der Waals surface area contributed by atoms with Crippen LogP contribution in [-0.2, 0) is 0 Å². The number of carbonyl (C=O) groups is 1. The summed E-state index contributed by atoms with van der Waals surface area (Å²) in [7, 11) is 4.07. The lowest BCUT2D eigenvalue weighted by atomic mass is 10.2. The number of fused-ring (bicyclic) bond motifs is 1. The fourth-order valence-corrected chi connectivity index (χ4v) is 4.22. The summed E-state index contributed by atoms with van der Waals surface area (Å²) in [4.78, 5) is 22.1. The number of ether oxygens (including phenoxy) is 2. The summed E-state index contributed by atoms with van der Waals surface area (Å²) < 4.78 is 12.3. The summed E-state index contributed by atoms with van der Waals surface area (Å²) >= 11 is 1.51. The predicted octanol–water partition coefficient (Wildman–Crippen LogP) is 5.50. The van der Waals surface area contributed by atoms with Gasteiger partial charge in [0.25, 0.3) is 5.91 Å². The van der Waals surface area contributed by atoms with Gasteiger partial charge in [0.05, 0.1) is 22.9 Å². The molecule has 174 valence electrons. The maximum atomic E-state index is 13.4. The molecule has 0 aliphatic heterocycles. The first kappa shape index (κ1) is 25.9. The van der Waals surface area contributed by atoms with E-state index in [1.165, 1.54) is 11.3 Å². The van der Waals surface area contributed by atoms with Crippen molar-refractivity contribution in [1.82, 2.24) is 9.88 Å². The molecule has 0 unspecified atom stereocenters. The Bertz CT molecular complexity index is 1010. The molecular formula is C24H32ClN3O3S. The quantitative estimate of drug-likeness (QED) is 0.385. The molecule has 1 aromatic heterocycles. The van der Waals surface area contributed by atoms with Crippen LogP contribution < -0.4 is 14.4 Å². The molecule has 3 rings (SSSR count). The van der Waals surface area contributed by atoms with Crippen LogP contribution in [0, 0.1) is 0 Å². The van der Waals surface area contributed by atoms with Crippen LogP contribution in [0.3, 0.4) is 0 Å². The number of nitrogens with zero attached hydrogens (tertiary/aromatic N) is 3. The van der Waals surface area contributed by atoms with Crippen LogP contribution in [0.2, 0.25) is 0 Å². The van der Waals surface area contributed by atoms with Gasteiger partial charge in [-0.2, -0.15) is 0 Å². The maximum Gasteiger partial charge on any atom is 0.260 e. The lowest BCUT2D eigenvalue weighted by Gasteiger charge is -2.21. The van der Waals surface area contributed by atoms with E-state index in [0.717, 1.165) is 34.7 Å². The third-order valence-corrected chi connectivity index (χ3v) is 5.64. The van der Waals surface area contributed by atoms with Crippen molar-refractivity contribution in [1.29, 1.82) is 0 Å². The highest BCUT2D eigenvalue weighted by Gasteiger charge is 2.21. The zero-order valence-electron chi connectivity index (χ0n) is 19.3. The second-order valence-corrected chi connectivity index (χ2v) is 8.87. The van der Waals surface area contributed by atoms with Crippen LogP contribution in [0.15, 0.2) is 42.5 Å². The standard InChI is InChI=1S/C24H31N3O3S.ClH/c1-6-29-20-12-13-21-22(16-20)31-24(25-21)27(15-7-14-26(4)5)23(28)18-8-10-19(11-9-18)30-17(2)3;/h8-13,16-17H,6-7,14-15H2,1-5H3;1H. The SMILES string of the molecule is CCOc1ccc2nc(N(CCCN(C)C)C(=O)c3ccc(OC(C)C)cc3)sc2c1.Cl. The minimum absolute atomic E-state index is 0. The van der Waals surface area contributed by atoms with Crippen LogP contribution in [-0.4, -0.2) is 55.7 Å². The molecular weight excluding hydrogens is 446 g/mol. The number of anilines is 1. The Morgan fingerprint density at radius 2 is 1.75 bits per heavy atom. The molecule has 1 amide bonds. The Balaban J connectivity index is 0.00000363. The number of rotatable bonds is 10. The molecule has 0 radical (unpaired) electrons. The summed E-state index contributed by atoms with van der Waals surface area (Å²) in [5, 5.41) is 0.704. The minimum Gasteiger partial charge on any atom is -0.494 e. The number of benzene rings is 2. The highest BCUT2D eigenvalue weighted by Crippen LogP contribution is 2.32. The molecule has 0 aliphatic rings. The summed E-state index contributed by atoms with van der Waals surface area (Å²) in [6, 6.07) is 13.2. The largest absolute Gasteiger partial charge is 0.494 e. The van der Waals surface area contributed by atoms with Gasteiger partial charge in [-0.05, 0) is 90.3 Å². The molecule has 0 N–H and O–H groups in total. The Morgan fingerprint density at radius 1 is 1.06 bits per heavy atom. The van der Waals surface area contributed by atoms with Gasteiger partial charge >= 0.3 is 0 Å².